The second-order valence-electron chi connectivity index (χ2n) is 5.94. The lowest BCUT2D eigenvalue weighted by atomic mass is 10.1. The third-order valence-corrected chi connectivity index (χ3v) is 2.89. The molecular weight excluding hydrogens is 248 g/mol. The zero-order valence-electron chi connectivity index (χ0n) is 12.2. The van der Waals surface area contributed by atoms with Crippen LogP contribution in [0.5, 0.6) is 0 Å². The molecule has 0 aromatic heterocycles. The van der Waals surface area contributed by atoms with Gasteiger partial charge in [0.1, 0.15) is 5.78 Å². The molecule has 1 fully saturated rings. The third-order valence-electron chi connectivity index (χ3n) is 2.89. The van der Waals surface area contributed by atoms with Crippen LogP contribution in [0.15, 0.2) is 0 Å². The van der Waals surface area contributed by atoms with Crippen LogP contribution < -0.4 is 0 Å². The summed E-state index contributed by atoms with van der Waals surface area (Å²) in [6.45, 7) is 6.94. The average Bonchev–Trinajstić information content (AvgIpc) is 2.25. The molecule has 1 atom stereocenters. The normalized spacial score (nSPS) is 19.7. The number of hydrogen-bond acceptors (Lipinski definition) is 5. The van der Waals surface area contributed by atoms with Gasteiger partial charge in [0.2, 0.25) is 0 Å². The summed E-state index contributed by atoms with van der Waals surface area (Å²) in [7, 11) is 1.72. The Kier molecular flexibility index (Phi) is 5.46. The van der Waals surface area contributed by atoms with Gasteiger partial charge in [-0.1, -0.05) is 0 Å². The molecule has 19 heavy (non-hydrogen) atoms. The maximum atomic E-state index is 11.3. The quantitative estimate of drug-likeness (QED) is 0.745. The maximum absolute atomic E-state index is 11.3. The van der Waals surface area contributed by atoms with E-state index >= 15 is 0 Å². The molecule has 1 aliphatic heterocycles. The molecule has 0 saturated carbocycles. The van der Waals surface area contributed by atoms with Crippen LogP contribution in [-0.2, 0) is 14.3 Å². The Morgan fingerprint density at radius 1 is 1.42 bits per heavy atom. The SMILES string of the molecule is CN(CC(=O)O)C(OC(C)(C)C)N1CCC(=O)CC1. The zero-order valence-corrected chi connectivity index (χ0v) is 12.2. The molecule has 0 aromatic carbocycles. The van der Waals surface area contributed by atoms with Crippen LogP contribution in [-0.4, -0.2) is 65.3 Å². The zero-order chi connectivity index (χ0) is 14.6. The summed E-state index contributed by atoms with van der Waals surface area (Å²) < 4.78 is 5.95. The molecule has 1 unspecified atom stereocenters. The van der Waals surface area contributed by atoms with E-state index in [1.54, 1.807) is 11.9 Å². The number of nitrogens with zero attached hydrogens (tertiary/aromatic N) is 2. The molecular formula is C13H24N2O4. The van der Waals surface area contributed by atoms with Gasteiger partial charge in [-0.2, -0.15) is 0 Å². The smallest absolute Gasteiger partial charge is 0.317 e. The fourth-order valence-corrected chi connectivity index (χ4v) is 2.05. The summed E-state index contributed by atoms with van der Waals surface area (Å²) in [5, 5.41) is 8.90. The van der Waals surface area contributed by atoms with Gasteiger partial charge >= 0.3 is 5.97 Å². The minimum atomic E-state index is -0.891. The lowest BCUT2D eigenvalue weighted by Crippen LogP contribution is -2.54. The topological polar surface area (TPSA) is 70.1 Å². The Balaban J connectivity index is 2.73. The van der Waals surface area contributed by atoms with Gasteiger partial charge in [-0.25, -0.2) is 0 Å². The second-order valence-corrected chi connectivity index (χ2v) is 5.94. The standard InChI is InChI=1S/C13H24N2O4/c1-13(2,3)19-12(14(4)9-11(17)18)15-7-5-10(16)6-8-15/h12H,5-9H2,1-4H3,(H,17,18). The fraction of sp³-hybridized carbons (Fsp3) is 0.846. The van der Waals surface area contributed by atoms with Crippen LogP contribution >= 0.6 is 0 Å². The number of hydrogen-bond donors (Lipinski definition) is 1. The Morgan fingerprint density at radius 2 is 1.95 bits per heavy atom. The highest BCUT2D eigenvalue weighted by Gasteiger charge is 2.31. The van der Waals surface area contributed by atoms with Crippen molar-refractivity contribution >= 4 is 11.8 Å². The Morgan fingerprint density at radius 3 is 2.37 bits per heavy atom. The van der Waals surface area contributed by atoms with Crippen molar-refractivity contribution in [2.75, 3.05) is 26.7 Å². The molecule has 110 valence electrons. The lowest BCUT2D eigenvalue weighted by molar-refractivity contribution is -0.204. The number of piperidine rings is 1. The van der Waals surface area contributed by atoms with Crippen molar-refractivity contribution in [2.24, 2.45) is 0 Å². The minimum Gasteiger partial charge on any atom is -0.480 e. The van der Waals surface area contributed by atoms with Gasteiger partial charge in [0, 0.05) is 25.9 Å². The summed E-state index contributed by atoms with van der Waals surface area (Å²) >= 11 is 0. The molecule has 1 heterocycles. The third kappa shape index (κ3) is 5.67. The molecule has 1 aliphatic rings. The van der Waals surface area contributed by atoms with Crippen LogP contribution in [0.4, 0.5) is 0 Å². The van der Waals surface area contributed by atoms with E-state index in [1.165, 1.54) is 0 Å². The van der Waals surface area contributed by atoms with Crippen LogP contribution in [0.25, 0.3) is 0 Å². The van der Waals surface area contributed by atoms with E-state index in [1.807, 2.05) is 25.7 Å². The first-order chi connectivity index (χ1) is 8.69. The van der Waals surface area contributed by atoms with E-state index in [2.05, 4.69) is 0 Å². The summed E-state index contributed by atoms with van der Waals surface area (Å²) in [4.78, 5) is 25.8. The highest BCUT2D eigenvalue weighted by atomic mass is 16.5. The van der Waals surface area contributed by atoms with Crippen molar-refractivity contribution < 1.29 is 19.4 Å². The fourth-order valence-electron chi connectivity index (χ4n) is 2.05. The number of likely N-dealkylation sites (N-methyl/N-ethyl adjacent to an activating group) is 1. The minimum absolute atomic E-state index is 0.0921. The molecule has 0 radical (unpaired) electrons. The number of carbonyl (C=O) groups excluding carboxylic acids is 1. The number of carboxylic acid groups (broad SMARTS) is 1. The van der Waals surface area contributed by atoms with Crippen LogP contribution in [0, 0.1) is 0 Å². The molecule has 0 bridgehead atoms. The van der Waals surface area contributed by atoms with Gasteiger partial charge in [-0.3, -0.25) is 19.4 Å². The molecule has 0 aliphatic carbocycles. The molecule has 0 amide bonds. The molecule has 1 rings (SSSR count). The lowest BCUT2D eigenvalue weighted by Gasteiger charge is -2.41. The summed E-state index contributed by atoms with van der Waals surface area (Å²) in [6, 6.07) is 0. The molecule has 0 spiro atoms. The van der Waals surface area contributed by atoms with E-state index in [4.69, 9.17) is 9.84 Å². The predicted octanol–water partition coefficient (Wildman–Crippen LogP) is 0.766. The summed E-state index contributed by atoms with van der Waals surface area (Å²) in [5.74, 6) is -0.634. The molecule has 1 saturated heterocycles. The van der Waals surface area contributed by atoms with Gasteiger partial charge in [0.15, 0.2) is 6.35 Å². The van der Waals surface area contributed by atoms with Gasteiger partial charge in [-0.15, -0.1) is 0 Å². The van der Waals surface area contributed by atoms with E-state index < -0.39 is 12.3 Å². The van der Waals surface area contributed by atoms with Crippen molar-refractivity contribution in [1.29, 1.82) is 0 Å². The van der Waals surface area contributed by atoms with E-state index in [9.17, 15) is 9.59 Å². The second kappa shape index (κ2) is 6.45. The van der Waals surface area contributed by atoms with Gasteiger partial charge in [0.25, 0.3) is 0 Å². The maximum Gasteiger partial charge on any atom is 0.317 e. The van der Waals surface area contributed by atoms with Crippen LogP contribution in [0.2, 0.25) is 0 Å². The highest BCUT2D eigenvalue weighted by molar-refractivity contribution is 5.79. The summed E-state index contributed by atoms with van der Waals surface area (Å²) in [5.41, 5.74) is -0.376. The number of aliphatic carboxylic acids is 1. The number of ketones is 1. The number of carboxylic acids is 1. The van der Waals surface area contributed by atoms with Crippen LogP contribution in [0.3, 0.4) is 0 Å². The van der Waals surface area contributed by atoms with Crippen molar-refractivity contribution in [2.45, 2.75) is 45.6 Å². The molecule has 0 aromatic rings. The Bertz CT molecular complexity index is 328. The predicted molar refractivity (Wildman–Crippen MR) is 70.7 cm³/mol. The number of Topliss-reactive ketones (excluding diaryl/α,β-unsaturated/α-hetero) is 1. The first-order valence-electron chi connectivity index (χ1n) is 6.54. The number of rotatable bonds is 5. The first-order valence-corrected chi connectivity index (χ1v) is 6.54. The van der Waals surface area contributed by atoms with Crippen molar-refractivity contribution in [3.05, 3.63) is 0 Å². The van der Waals surface area contributed by atoms with Gasteiger partial charge in [-0.05, 0) is 27.8 Å². The number of carbonyl (C=O) groups is 2. The van der Waals surface area contributed by atoms with Crippen LogP contribution in [0.1, 0.15) is 33.6 Å². The molecule has 1 N–H and O–H groups in total. The van der Waals surface area contributed by atoms with Gasteiger partial charge < -0.3 is 9.84 Å². The molecule has 6 heteroatoms. The summed E-state index contributed by atoms with van der Waals surface area (Å²) in [6.07, 6.45) is 0.597. The number of likely N-dealkylation sites (tertiary alicyclic amines) is 1. The van der Waals surface area contributed by atoms with E-state index in [0.717, 1.165) is 0 Å². The van der Waals surface area contributed by atoms with Gasteiger partial charge in [0.05, 0.1) is 12.1 Å². The first kappa shape index (κ1) is 16.1. The highest BCUT2D eigenvalue weighted by Crippen LogP contribution is 2.19. The van der Waals surface area contributed by atoms with Crippen molar-refractivity contribution in [3.8, 4) is 0 Å². The average molecular weight is 272 g/mol. The molecule has 6 nitrogen and oxygen atoms in total. The monoisotopic (exact) mass is 272 g/mol. The van der Waals surface area contributed by atoms with E-state index in [0.29, 0.717) is 25.9 Å². The number of ether oxygens (including phenoxy) is 1. The van der Waals surface area contributed by atoms with E-state index in [-0.39, 0.29) is 17.9 Å². The largest absolute Gasteiger partial charge is 0.480 e. The Labute approximate surface area is 114 Å². The van der Waals surface area contributed by atoms with Crippen molar-refractivity contribution in [3.63, 3.8) is 0 Å². The Hall–Kier alpha value is -0.980. The van der Waals surface area contributed by atoms with Crippen molar-refractivity contribution in [1.82, 2.24) is 9.80 Å².